The predicted molar refractivity (Wildman–Crippen MR) is 108 cm³/mol. The van der Waals surface area contributed by atoms with E-state index in [2.05, 4.69) is 30.4 Å². The highest BCUT2D eigenvalue weighted by Crippen LogP contribution is 2.34. The fourth-order valence-corrected chi connectivity index (χ4v) is 4.39. The second kappa shape index (κ2) is 8.26. The van der Waals surface area contributed by atoms with Gasteiger partial charge in [-0.2, -0.15) is 0 Å². The van der Waals surface area contributed by atoms with E-state index in [9.17, 15) is 4.79 Å². The number of carbonyl (C=O) groups is 1. The van der Waals surface area contributed by atoms with Crippen LogP contribution in [0.4, 0.5) is 0 Å². The summed E-state index contributed by atoms with van der Waals surface area (Å²) in [5.41, 5.74) is 4.11. The predicted octanol–water partition coefficient (Wildman–Crippen LogP) is 4.31. The van der Waals surface area contributed by atoms with Crippen molar-refractivity contribution < 1.29 is 14.3 Å². The van der Waals surface area contributed by atoms with Crippen LogP contribution in [0.15, 0.2) is 41.3 Å². The number of carbonyl (C=O) groups excluding carboxylic acids is 1. The lowest BCUT2D eigenvalue weighted by Gasteiger charge is -2.20. The highest BCUT2D eigenvalue weighted by molar-refractivity contribution is 8.00. The number of ether oxygens (including phenoxy) is 2. The molecule has 1 amide bonds. The van der Waals surface area contributed by atoms with Crippen LogP contribution in [-0.2, 0) is 17.6 Å². The lowest BCUT2D eigenvalue weighted by Crippen LogP contribution is -2.28. The second-order valence-corrected chi connectivity index (χ2v) is 8.17. The molecule has 1 aliphatic carbocycles. The molecule has 4 nitrogen and oxygen atoms in total. The molecule has 5 heteroatoms. The standard InChI is InChI=1S/C22H25NO3S/c1-15(17-7-6-16-4-2-3-5-18(16)12-17)23-22(24)14-27-19-8-9-20-21(13-19)26-11-10-25-20/h6-9,12-13,15H,2-5,10-11,14H2,1H3,(H,23,24)/t15-/m1/s1. The number of hydrogen-bond donors (Lipinski definition) is 1. The number of fused-ring (bicyclic) bond motifs is 2. The smallest absolute Gasteiger partial charge is 0.230 e. The number of nitrogens with one attached hydrogen (secondary N) is 1. The number of thioether (sulfide) groups is 1. The van der Waals surface area contributed by atoms with Gasteiger partial charge in [0.2, 0.25) is 5.91 Å². The van der Waals surface area contributed by atoms with Gasteiger partial charge in [0.1, 0.15) is 13.2 Å². The van der Waals surface area contributed by atoms with Crippen molar-refractivity contribution in [2.45, 2.75) is 43.5 Å². The Morgan fingerprint density at radius 3 is 2.67 bits per heavy atom. The van der Waals surface area contributed by atoms with Gasteiger partial charge >= 0.3 is 0 Å². The van der Waals surface area contributed by atoms with Crippen LogP contribution in [-0.4, -0.2) is 24.9 Å². The number of rotatable bonds is 5. The quantitative estimate of drug-likeness (QED) is 0.782. The molecule has 0 radical (unpaired) electrons. The summed E-state index contributed by atoms with van der Waals surface area (Å²) in [6.45, 7) is 3.21. The monoisotopic (exact) mass is 383 g/mol. The van der Waals surface area contributed by atoms with E-state index in [-0.39, 0.29) is 11.9 Å². The van der Waals surface area contributed by atoms with Crippen LogP contribution in [0, 0.1) is 0 Å². The van der Waals surface area contributed by atoms with E-state index in [1.165, 1.54) is 47.7 Å². The number of amides is 1. The largest absolute Gasteiger partial charge is 0.486 e. The Morgan fingerprint density at radius 2 is 1.81 bits per heavy atom. The molecule has 2 aromatic carbocycles. The highest BCUT2D eigenvalue weighted by atomic mass is 32.2. The van der Waals surface area contributed by atoms with Crippen molar-refractivity contribution in [2.75, 3.05) is 19.0 Å². The molecule has 142 valence electrons. The fourth-order valence-electron chi connectivity index (χ4n) is 3.65. The highest BCUT2D eigenvalue weighted by Gasteiger charge is 2.15. The minimum Gasteiger partial charge on any atom is -0.486 e. The van der Waals surface area contributed by atoms with Crippen molar-refractivity contribution in [3.05, 3.63) is 53.1 Å². The number of benzene rings is 2. The molecule has 0 spiro atoms. The molecule has 2 aromatic rings. The topological polar surface area (TPSA) is 47.6 Å². The van der Waals surface area contributed by atoms with Crippen LogP contribution < -0.4 is 14.8 Å². The van der Waals surface area contributed by atoms with E-state index in [4.69, 9.17) is 9.47 Å². The van der Waals surface area contributed by atoms with Crippen molar-refractivity contribution in [1.82, 2.24) is 5.32 Å². The van der Waals surface area contributed by atoms with Crippen molar-refractivity contribution in [3.63, 3.8) is 0 Å². The van der Waals surface area contributed by atoms with Gasteiger partial charge in [0.25, 0.3) is 0 Å². The molecule has 1 heterocycles. The Morgan fingerprint density at radius 1 is 1.04 bits per heavy atom. The summed E-state index contributed by atoms with van der Waals surface area (Å²) in [5, 5.41) is 3.12. The molecule has 0 saturated carbocycles. The molecular weight excluding hydrogens is 358 g/mol. The van der Waals surface area contributed by atoms with Gasteiger partial charge in [-0.25, -0.2) is 0 Å². The summed E-state index contributed by atoms with van der Waals surface area (Å²) in [6, 6.07) is 12.5. The van der Waals surface area contributed by atoms with Crippen LogP contribution in [0.5, 0.6) is 11.5 Å². The Bertz CT molecular complexity index is 836. The van der Waals surface area contributed by atoms with E-state index in [0.717, 1.165) is 22.8 Å². The molecule has 0 saturated heterocycles. The van der Waals surface area contributed by atoms with E-state index < -0.39 is 0 Å². The van der Waals surface area contributed by atoms with Crippen LogP contribution in [0.3, 0.4) is 0 Å². The van der Waals surface area contributed by atoms with E-state index in [1.54, 1.807) is 0 Å². The molecule has 1 atom stereocenters. The number of aryl methyl sites for hydroxylation is 2. The van der Waals surface area contributed by atoms with E-state index in [1.807, 2.05) is 18.2 Å². The van der Waals surface area contributed by atoms with Gasteiger partial charge in [-0.1, -0.05) is 18.2 Å². The molecule has 27 heavy (non-hydrogen) atoms. The molecule has 0 fully saturated rings. The minimum atomic E-state index is 0.0191. The van der Waals surface area contributed by atoms with Gasteiger partial charge in [0.15, 0.2) is 11.5 Å². The zero-order valence-corrected chi connectivity index (χ0v) is 16.4. The van der Waals surface area contributed by atoms with Crippen LogP contribution in [0.2, 0.25) is 0 Å². The summed E-state index contributed by atoms with van der Waals surface area (Å²) >= 11 is 1.51. The van der Waals surface area contributed by atoms with E-state index in [0.29, 0.717) is 19.0 Å². The zero-order valence-electron chi connectivity index (χ0n) is 15.6. The Balaban J connectivity index is 1.32. The van der Waals surface area contributed by atoms with Gasteiger partial charge in [-0.3, -0.25) is 4.79 Å². The molecule has 0 bridgehead atoms. The van der Waals surface area contributed by atoms with Crippen molar-refractivity contribution >= 4 is 17.7 Å². The summed E-state index contributed by atoms with van der Waals surface area (Å²) in [4.78, 5) is 13.4. The summed E-state index contributed by atoms with van der Waals surface area (Å²) in [7, 11) is 0. The SMILES string of the molecule is C[C@@H](NC(=O)CSc1ccc2c(c1)OCCO2)c1ccc2c(c1)CCCC2. The third-order valence-corrected chi connectivity index (χ3v) is 6.13. The lowest BCUT2D eigenvalue weighted by atomic mass is 9.89. The summed E-state index contributed by atoms with van der Waals surface area (Å²) < 4.78 is 11.1. The maximum Gasteiger partial charge on any atom is 0.230 e. The molecule has 0 aromatic heterocycles. The fraction of sp³-hybridized carbons (Fsp3) is 0.409. The number of hydrogen-bond acceptors (Lipinski definition) is 4. The Hall–Kier alpha value is -2.14. The maximum atomic E-state index is 12.4. The molecule has 0 unspecified atom stereocenters. The van der Waals surface area contributed by atoms with Gasteiger partial charge < -0.3 is 14.8 Å². The van der Waals surface area contributed by atoms with Crippen LogP contribution in [0.1, 0.15) is 42.5 Å². The first-order valence-electron chi connectivity index (χ1n) is 9.62. The third kappa shape index (κ3) is 4.41. The molecular formula is C22H25NO3S. The van der Waals surface area contributed by atoms with Crippen molar-refractivity contribution in [1.29, 1.82) is 0 Å². The summed E-state index contributed by atoms with van der Waals surface area (Å²) in [6.07, 6.45) is 4.89. The first-order chi connectivity index (χ1) is 13.2. The first-order valence-corrected chi connectivity index (χ1v) is 10.6. The first kappa shape index (κ1) is 18.2. The Kier molecular flexibility index (Phi) is 5.58. The van der Waals surface area contributed by atoms with Gasteiger partial charge in [-0.15, -0.1) is 11.8 Å². The normalized spacial score (nSPS) is 16.3. The van der Waals surface area contributed by atoms with E-state index >= 15 is 0 Å². The summed E-state index contributed by atoms with van der Waals surface area (Å²) in [5.74, 6) is 1.96. The average molecular weight is 384 g/mol. The molecule has 2 aliphatic rings. The van der Waals surface area contributed by atoms with Gasteiger partial charge in [0.05, 0.1) is 11.8 Å². The maximum absolute atomic E-state index is 12.4. The van der Waals surface area contributed by atoms with Crippen LogP contribution in [0.25, 0.3) is 0 Å². The average Bonchev–Trinajstić information content (AvgIpc) is 2.71. The van der Waals surface area contributed by atoms with Crippen molar-refractivity contribution in [2.24, 2.45) is 0 Å². The molecule has 1 aliphatic heterocycles. The van der Waals surface area contributed by atoms with Crippen LogP contribution >= 0.6 is 11.8 Å². The third-order valence-electron chi connectivity index (χ3n) is 5.13. The van der Waals surface area contributed by atoms with Gasteiger partial charge in [0, 0.05) is 4.90 Å². The minimum absolute atomic E-state index is 0.0191. The van der Waals surface area contributed by atoms with Crippen molar-refractivity contribution in [3.8, 4) is 11.5 Å². The molecule has 1 N–H and O–H groups in total. The molecule has 4 rings (SSSR count). The van der Waals surface area contributed by atoms with Gasteiger partial charge in [-0.05, 0) is 67.5 Å². The zero-order chi connectivity index (χ0) is 18.6. The second-order valence-electron chi connectivity index (χ2n) is 7.12. The Labute approximate surface area is 164 Å². The lowest BCUT2D eigenvalue weighted by molar-refractivity contribution is -0.119.